The van der Waals surface area contributed by atoms with Gasteiger partial charge < -0.3 is 25.1 Å². The first-order chi connectivity index (χ1) is 20.0. The lowest BCUT2D eigenvalue weighted by Crippen LogP contribution is -2.63. The zero-order valence-corrected chi connectivity index (χ0v) is 24.8. The first-order valence-corrected chi connectivity index (χ1v) is 15.5. The van der Waals surface area contributed by atoms with E-state index in [0.717, 1.165) is 30.4 Å². The monoisotopic (exact) mass is 577 g/mol. The SMILES string of the molecule is CCCC1OC2C[C@H]3[C@@H]4CCC5=CC(=O)C=C[C@]5(C)[C@H]4[C@@H](O)C[C@]3(C)[C@]2(C(=O)COC(=O)CCc2ccccc2N)O1. The highest BCUT2D eigenvalue weighted by Gasteiger charge is 2.75. The summed E-state index contributed by atoms with van der Waals surface area (Å²) in [5.74, 6) is -0.624. The summed E-state index contributed by atoms with van der Waals surface area (Å²) in [5.41, 5.74) is 6.17. The molecule has 1 saturated heterocycles. The van der Waals surface area contributed by atoms with Gasteiger partial charge in [-0.1, -0.05) is 57.0 Å². The van der Waals surface area contributed by atoms with Crippen molar-refractivity contribution in [2.24, 2.45) is 28.6 Å². The number of rotatable bonds is 8. The predicted octanol–water partition coefficient (Wildman–Crippen LogP) is 4.48. The van der Waals surface area contributed by atoms with Gasteiger partial charge in [-0.15, -0.1) is 0 Å². The number of aliphatic hydroxyl groups excluding tert-OH is 1. The highest BCUT2D eigenvalue weighted by atomic mass is 16.7. The Balaban J connectivity index is 1.24. The van der Waals surface area contributed by atoms with E-state index in [9.17, 15) is 19.5 Å². The Kier molecular flexibility index (Phi) is 7.47. The minimum absolute atomic E-state index is 0.00144. The maximum atomic E-state index is 14.2. The molecule has 1 aromatic carbocycles. The molecular weight excluding hydrogens is 534 g/mol. The van der Waals surface area contributed by atoms with Crippen molar-refractivity contribution >= 4 is 23.2 Å². The summed E-state index contributed by atoms with van der Waals surface area (Å²) in [7, 11) is 0. The number of hydrogen-bond donors (Lipinski definition) is 2. The van der Waals surface area contributed by atoms with Gasteiger partial charge >= 0.3 is 5.97 Å². The zero-order chi connectivity index (χ0) is 29.9. The fourth-order valence-electron chi connectivity index (χ4n) is 9.33. The van der Waals surface area contributed by atoms with Crippen molar-refractivity contribution in [3.8, 4) is 0 Å². The quantitative estimate of drug-likeness (QED) is 0.342. The van der Waals surface area contributed by atoms with E-state index in [0.29, 0.717) is 31.4 Å². The fourth-order valence-corrected chi connectivity index (χ4v) is 9.33. The van der Waals surface area contributed by atoms with Gasteiger partial charge in [0.1, 0.15) is 0 Å². The molecule has 4 fully saturated rings. The van der Waals surface area contributed by atoms with Crippen molar-refractivity contribution < 1.29 is 33.7 Å². The molecule has 1 aliphatic heterocycles. The average molecular weight is 578 g/mol. The molecule has 1 aromatic rings. The highest BCUT2D eigenvalue weighted by molar-refractivity contribution is 6.01. The minimum Gasteiger partial charge on any atom is -0.458 e. The fraction of sp³-hybridized carbons (Fsp3) is 0.618. The summed E-state index contributed by atoms with van der Waals surface area (Å²) in [6.07, 6.45) is 8.33. The second-order valence-electron chi connectivity index (χ2n) is 13.4. The molecular formula is C34H43NO7. The van der Waals surface area contributed by atoms with Crippen molar-refractivity contribution in [3.63, 3.8) is 0 Å². The van der Waals surface area contributed by atoms with E-state index in [4.69, 9.17) is 19.9 Å². The van der Waals surface area contributed by atoms with Gasteiger partial charge in [0.15, 0.2) is 24.3 Å². The lowest BCUT2D eigenvalue weighted by atomic mass is 9.46. The third-order valence-electron chi connectivity index (χ3n) is 11.2. The Morgan fingerprint density at radius 1 is 1.21 bits per heavy atom. The van der Waals surface area contributed by atoms with Gasteiger partial charge in [0.2, 0.25) is 5.78 Å². The number of ether oxygens (including phenoxy) is 3. The predicted molar refractivity (Wildman–Crippen MR) is 156 cm³/mol. The summed E-state index contributed by atoms with van der Waals surface area (Å²) < 4.78 is 18.6. The van der Waals surface area contributed by atoms with Crippen LogP contribution in [0.15, 0.2) is 48.1 Å². The van der Waals surface area contributed by atoms with E-state index >= 15 is 0 Å². The number of esters is 1. The number of nitrogens with two attached hydrogens (primary N) is 1. The summed E-state index contributed by atoms with van der Waals surface area (Å²) in [5, 5.41) is 11.8. The summed E-state index contributed by atoms with van der Waals surface area (Å²) >= 11 is 0. The van der Waals surface area contributed by atoms with Gasteiger partial charge in [0.25, 0.3) is 0 Å². The molecule has 3 N–H and O–H groups in total. The topological polar surface area (TPSA) is 125 Å². The van der Waals surface area contributed by atoms with Gasteiger partial charge in [-0.05, 0) is 74.1 Å². The first-order valence-electron chi connectivity index (χ1n) is 15.5. The normalized spacial score (nSPS) is 40.0. The molecule has 1 heterocycles. The summed E-state index contributed by atoms with van der Waals surface area (Å²) in [6.45, 7) is 5.85. The summed E-state index contributed by atoms with van der Waals surface area (Å²) in [4.78, 5) is 39.1. The number of carbonyl (C=O) groups is 3. The van der Waals surface area contributed by atoms with Crippen LogP contribution >= 0.6 is 0 Å². The number of carbonyl (C=O) groups excluding carboxylic acids is 3. The number of anilines is 1. The van der Waals surface area contributed by atoms with E-state index in [1.54, 1.807) is 18.2 Å². The van der Waals surface area contributed by atoms with Gasteiger partial charge in [0, 0.05) is 28.9 Å². The average Bonchev–Trinajstić information content (AvgIpc) is 3.43. The molecule has 2 unspecified atom stereocenters. The van der Waals surface area contributed by atoms with Crippen molar-refractivity contribution in [1.29, 1.82) is 0 Å². The van der Waals surface area contributed by atoms with Gasteiger partial charge in [-0.2, -0.15) is 0 Å². The number of aliphatic hydroxyl groups is 1. The zero-order valence-electron chi connectivity index (χ0n) is 24.8. The molecule has 5 aliphatic rings. The number of ketones is 2. The summed E-state index contributed by atoms with van der Waals surface area (Å²) in [6, 6.07) is 7.39. The Hall–Kier alpha value is -2.81. The van der Waals surface area contributed by atoms with E-state index in [1.165, 1.54) is 0 Å². The van der Waals surface area contributed by atoms with Crippen LogP contribution in [0, 0.1) is 28.6 Å². The van der Waals surface area contributed by atoms with Crippen LogP contribution in [-0.4, -0.2) is 53.3 Å². The number of nitrogen functional groups attached to an aromatic ring is 1. The third kappa shape index (κ3) is 4.40. The number of para-hydroxylation sites is 1. The van der Waals surface area contributed by atoms with Crippen LogP contribution in [0.4, 0.5) is 5.69 Å². The maximum Gasteiger partial charge on any atom is 0.306 e. The third-order valence-corrected chi connectivity index (χ3v) is 11.2. The molecule has 6 rings (SSSR count). The second kappa shape index (κ2) is 10.7. The van der Waals surface area contributed by atoms with Gasteiger partial charge in [-0.3, -0.25) is 14.4 Å². The van der Waals surface area contributed by atoms with Crippen LogP contribution in [0.2, 0.25) is 0 Å². The molecule has 0 bridgehead atoms. The van der Waals surface area contributed by atoms with Crippen LogP contribution in [0.1, 0.15) is 71.3 Å². The van der Waals surface area contributed by atoms with Crippen LogP contribution in [0.5, 0.6) is 0 Å². The van der Waals surface area contributed by atoms with Crippen LogP contribution in [-0.2, 0) is 35.0 Å². The highest BCUT2D eigenvalue weighted by Crippen LogP contribution is 2.69. The molecule has 9 atom stereocenters. The number of fused-ring (bicyclic) bond motifs is 7. The Morgan fingerprint density at radius 3 is 2.76 bits per heavy atom. The molecule has 4 aliphatic carbocycles. The van der Waals surface area contributed by atoms with Crippen LogP contribution in [0.3, 0.4) is 0 Å². The molecule has 226 valence electrons. The number of hydrogen-bond acceptors (Lipinski definition) is 8. The first kappa shape index (κ1) is 29.3. The second-order valence-corrected chi connectivity index (χ2v) is 13.4. The maximum absolute atomic E-state index is 14.2. The number of benzene rings is 1. The van der Waals surface area contributed by atoms with Crippen molar-refractivity contribution in [2.75, 3.05) is 12.3 Å². The van der Waals surface area contributed by atoms with Crippen LogP contribution in [0.25, 0.3) is 0 Å². The lowest BCUT2D eigenvalue weighted by Gasteiger charge is -2.59. The largest absolute Gasteiger partial charge is 0.458 e. The van der Waals surface area contributed by atoms with E-state index in [-0.39, 0.29) is 35.7 Å². The molecule has 3 saturated carbocycles. The number of aryl methyl sites for hydroxylation is 1. The van der Waals surface area contributed by atoms with E-state index in [2.05, 4.69) is 13.8 Å². The number of allylic oxidation sites excluding steroid dienone is 4. The van der Waals surface area contributed by atoms with Crippen molar-refractivity contribution in [3.05, 3.63) is 53.6 Å². The minimum atomic E-state index is -1.30. The molecule has 0 radical (unpaired) electrons. The van der Waals surface area contributed by atoms with Gasteiger partial charge in [-0.25, -0.2) is 0 Å². The lowest BCUT2D eigenvalue weighted by molar-refractivity contribution is -0.201. The Bertz CT molecular complexity index is 1340. The standard InChI is InChI=1S/C34H43NO7/c1-4-7-30-41-28-17-24-23-12-11-21-16-22(36)14-15-32(21,2)31(23)26(37)18-33(24,3)34(28,42-30)27(38)19-40-29(39)13-10-20-8-5-6-9-25(20)35/h5-6,8-9,14-16,23-24,26,28,30-31,37H,4,7,10-13,17-19,35H2,1-3H3/t23-,24-,26-,28?,30?,31+,32-,33-,34+/m0/s1. The molecule has 0 amide bonds. The smallest absolute Gasteiger partial charge is 0.306 e. The molecule has 0 aromatic heterocycles. The van der Waals surface area contributed by atoms with Crippen LogP contribution < -0.4 is 5.73 Å². The number of Topliss-reactive ketones (excluding diaryl/α,β-unsaturated/α-hetero) is 1. The molecule has 8 nitrogen and oxygen atoms in total. The Morgan fingerprint density at radius 2 is 2.00 bits per heavy atom. The van der Waals surface area contributed by atoms with Crippen molar-refractivity contribution in [1.82, 2.24) is 0 Å². The van der Waals surface area contributed by atoms with E-state index < -0.39 is 47.5 Å². The molecule has 0 spiro atoms. The van der Waals surface area contributed by atoms with Crippen molar-refractivity contribution in [2.45, 2.75) is 96.2 Å². The van der Waals surface area contributed by atoms with E-state index in [1.807, 2.05) is 31.2 Å². The Labute approximate surface area is 247 Å². The molecule has 8 heteroatoms. The van der Waals surface area contributed by atoms with Gasteiger partial charge in [0.05, 0.1) is 12.2 Å². The molecule has 42 heavy (non-hydrogen) atoms.